The van der Waals surface area contributed by atoms with Gasteiger partial charge in [0.1, 0.15) is 11.4 Å². The van der Waals surface area contributed by atoms with Crippen LogP contribution >= 0.6 is 0 Å². The molecule has 0 atom stereocenters. The molecule has 1 heterocycles. The predicted octanol–water partition coefficient (Wildman–Crippen LogP) is 2.44. The van der Waals surface area contributed by atoms with Crippen LogP contribution in [-0.2, 0) is 4.74 Å². The SMILES string of the molecule is CC(C)(C)OC(=O)N1CC(Nc2cc(F)ccc2N)C1. The Morgan fingerprint density at radius 2 is 2.10 bits per heavy atom. The molecule has 1 fully saturated rings. The first-order valence-electron chi connectivity index (χ1n) is 6.54. The molecule has 0 saturated carbocycles. The summed E-state index contributed by atoms with van der Waals surface area (Å²) in [6.45, 7) is 6.52. The number of nitrogens with two attached hydrogens (primary N) is 1. The molecule has 1 aromatic carbocycles. The predicted molar refractivity (Wildman–Crippen MR) is 76.0 cm³/mol. The first kappa shape index (κ1) is 14.4. The monoisotopic (exact) mass is 281 g/mol. The van der Waals surface area contributed by atoms with E-state index in [1.165, 1.54) is 18.2 Å². The average molecular weight is 281 g/mol. The molecule has 0 bridgehead atoms. The van der Waals surface area contributed by atoms with E-state index in [1.54, 1.807) is 4.90 Å². The van der Waals surface area contributed by atoms with Crippen molar-refractivity contribution in [1.82, 2.24) is 4.90 Å². The van der Waals surface area contributed by atoms with Crippen LogP contribution in [0.1, 0.15) is 20.8 Å². The van der Waals surface area contributed by atoms with E-state index in [0.29, 0.717) is 24.5 Å². The van der Waals surface area contributed by atoms with Gasteiger partial charge in [0.25, 0.3) is 0 Å². The van der Waals surface area contributed by atoms with Crippen molar-refractivity contribution >= 4 is 17.5 Å². The van der Waals surface area contributed by atoms with Crippen molar-refractivity contribution < 1.29 is 13.9 Å². The summed E-state index contributed by atoms with van der Waals surface area (Å²) in [7, 11) is 0. The highest BCUT2D eigenvalue weighted by Gasteiger charge is 2.33. The lowest BCUT2D eigenvalue weighted by atomic mass is 10.1. The van der Waals surface area contributed by atoms with Gasteiger partial charge in [-0.3, -0.25) is 0 Å². The number of hydrogen-bond donors (Lipinski definition) is 2. The number of nitrogen functional groups attached to an aromatic ring is 1. The lowest BCUT2D eigenvalue weighted by Gasteiger charge is -2.40. The van der Waals surface area contributed by atoms with Gasteiger partial charge < -0.3 is 20.7 Å². The van der Waals surface area contributed by atoms with Crippen LogP contribution in [0, 0.1) is 5.82 Å². The number of nitrogens with zero attached hydrogens (tertiary/aromatic N) is 1. The van der Waals surface area contributed by atoms with Gasteiger partial charge in [0.05, 0.1) is 17.4 Å². The smallest absolute Gasteiger partial charge is 0.410 e. The molecule has 0 aliphatic carbocycles. The molecule has 2 rings (SSSR count). The second-order valence-corrected chi connectivity index (χ2v) is 5.96. The molecule has 1 aliphatic rings. The summed E-state index contributed by atoms with van der Waals surface area (Å²) in [6.07, 6.45) is -0.331. The van der Waals surface area contributed by atoms with Gasteiger partial charge >= 0.3 is 6.09 Å². The van der Waals surface area contributed by atoms with E-state index in [4.69, 9.17) is 10.5 Å². The van der Waals surface area contributed by atoms with Crippen molar-refractivity contribution in [3.05, 3.63) is 24.0 Å². The van der Waals surface area contributed by atoms with Crippen molar-refractivity contribution in [2.24, 2.45) is 0 Å². The van der Waals surface area contributed by atoms with E-state index in [9.17, 15) is 9.18 Å². The lowest BCUT2D eigenvalue weighted by molar-refractivity contribution is 0.0105. The fraction of sp³-hybridized carbons (Fsp3) is 0.500. The number of halogens is 1. The zero-order valence-electron chi connectivity index (χ0n) is 11.9. The Bertz CT molecular complexity index is 508. The number of likely N-dealkylation sites (tertiary alicyclic amines) is 1. The van der Waals surface area contributed by atoms with Crippen molar-refractivity contribution in [1.29, 1.82) is 0 Å². The van der Waals surface area contributed by atoms with Gasteiger partial charge in [-0.15, -0.1) is 0 Å². The summed E-state index contributed by atoms with van der Waals surface area (Å²) in [4.78, 5) is 13.3. The number of carbonyl (C=O) groups is 1. The van der Waals surface area contributed by atoms with Crippen LogP contribution in [0.15, 0.2) is 18.2 Å². The molecule has 0 aromatic heterocycles. The molecule has 0 unspecified atom stereocenters. The average Bonchev–Trinajstić information content (AvgIpc) is 2.24. The van der Waals surface area contributed by atoms with Gasteiger partial charge in [-0.25, -0.2) is 9.18 Å². The Hall–Kier alpha value is -1.98. The molecule has 6 heteroatoms. The number of carbonyl (C=O) groups excluding carboxylic acids is 1. The highest BCUT2D eigenvalue weighted by molar-refractivity contribution is 5.71. The first-order chi connectivity index (χ1) is 9.24. The Morgan fingerprint density at radius 3 is 2.70 bits per heavy atom. The third-order valence-corrected chi connectivity index (χ3v) is 2.91. The minimum Gasteiger partial charge on any atom is -0.444 e. The minimum atomic E-state index is -0.497. The van der Waals surface area contributed by atoms with Crippen LogP contribution in [0.25, 0.3) is 0 Å². The molecule has 110 valence electrons. The van der Waals surface area contributed by atoms with Crippen LogP contribution in [0.2, 0.25) is 0 Å². The van der Waals surface area contributed by atoms with E-state index in [2.05, 4.69) is 5.32 Å². The number of ether oxygens (including phenoxy) is 1. The molecule has 1 saturated heterocycles. The largest absolute Gasteiger partial charge is 0.444 e. The van der Waals surface area contributed by atoms with Crippen LogP contribution < -0.4 is 11.1 Å². The fourth-order valence-electron chi connectivity index (χ4n) is 1.92. The van der Waals surface area contributed by atoms with Gasteiger partial charge in [-0.1, -0.05) is 0 Å². The summed E-state index contributed by atoms with van der Waals surface area (Å²) < 4.78 is 18.4. The fourth-order valence-corrected chi connectivity index (χ4v) is 1.92. The topological polar surface area (TPSA) is 67.6 Å². The number of benzene rings is 1. The summed E-state index contributed by atoms with van der Waals surface area (Å²) in [5.41, 5.74) is 6.30. The van der Waals surface area contributed by atoms with E-state index in [0.717, 1.165) is 0 Å². The van der Waals surface area contributed by atoms with Crippen LogP contribution in [0.5, 0.6) is 0 Å². The maximum atomic E-state index is 13.1. The van der Waals surface area contributed by atoms with Crippen molar-refractivity contribution in [2.45, 2.75) is 32.4 Å². The van der Waals surface area contributed by atoms with Gasteiger partial charge in [-0.05, 0) is 39.0 Å². The van der Waals surface area contributed by atoms with Crippen molar-refractivity contribution in [2.75, 3.05) is 24.1 Å². The van der Waals surface area contributed by atoms with Crippen molar-refractivity contribution in [3.63, 3.8) is 0 Å². The number of rotatable bonds is 2. The van der Waals surface area contributed by atoms with E-state index in [1.807, 2.05) is 20.8 Å². The maximum Gasteiger partial charge on any atom is 0.410 e. The van der Waals surface area contributed by atoms with Crippen LogP contribution in [0.4, 0.5) is 20.6 Å². The van der Waals surface area contributed by atoms with E-state index < -0.39 is 5.60 Å². The maximum absolute atomic E-state index is 13.1. The summed E-state index contributed by atoms with van der Waals surface area (Å²) >= 11 is 0. The molecular weight excluding hydrogens is 261 g/mol. The Labute approximate surface area is 117 Å². The number of nitrogens with one attached hydrogen (secondary N) is 1. The quantitative estimate of drug-likeness (QED) is 0.817. The molecule has 0 radical (unpaired) electrons. The standard InChI is InChI=1S/C14H20FN3O2/c1-14(2,3)20-13(19)18-7-10(8-18)17-12-6-9(15)4-5-11(12)16/h4-6,10,17H,7-8,16H2,1-3H3. The molecule has 0 spiro atoms. The normalized spacial score (nSPS) is 15.7. The molecule has 1 aromatic rings. The van der Waals surface area contributed by atoms with Gasteiger partial charge in [0.15, 0.2) is 0 Å². The minimum absolute atomic E-state index is 0.0617. The summed E-state index contributed by atoms with van der Waals surface area (Å²) in [5, 5.41) is 3.12. The molecule has 20 heavy (non-hydrogen) atoms. The van der Waals surface area contributed by atoms with E-state index in [-0.39, 0.29) is 18.0 Å². The number of anilines is 2. The highest BCUT2D eigenvalue weighted by atomic mass is 19.1. The Kier molecular flexibility index (Phi) is 3.74. The van der Waals surface area contributed by atoms with Gasteiger partial charge in [-0.2, -0.15) is 0 Å². The lowest BCUT2D eigenvalue weighted by Crippen LogP contribution is -2.58. The Morgan fingerprint density at radius 1 is 1.45 bits per heavy atom. The second-order valence-electron chi connectivity index (χ2n) is 5.96. The number of hydrogen-bond acceptors (Lipinski definition) is 4. The summed E-state index contributed by atoms with van der Waals surface area (Å²) in [6, 6.07) is 4.24. The molecule has 3 N–H and O–H groups in total. The zero-order valence-corrected chi connectivity index (χ0v) is 11.9. The highest BCUT2D eigenvalue weighted by Crippen LogP contribution is 2.23. The molecule has 1 aliphatic heterocycles. The van der Waals surface area contributed by atoms with E-state index >= 15 is 0 Å². The second kappa shape index (κ2) is 5.19. The van der Waals surface area contributed by atoms with Crippen LogP contribution in [-0.4, -0.2) is 35.7 Å². The number of amides is 1. The zero-order chi connectivity index (χ0) is 14.9. The van der Waals surface area contributed by atoms with Crippen LogP contribution in [0.3, 0.4) is 0 Å². The molecule has 5 nitrogen and oxygen atoms in total. The Balaban J connectivity index is 1.85. The molecular formula is C14H20FN3O2. The summed E-state index contributed by atoms with van der Waals surface area (Å²) in [5.74, 6) is -0.343. The third kappa shape index (κ3) is 3.53. The first-order valence-corrected chi connectivity index (χ1v) is 6.54. The van der Waals surface area contributed by atoms with Gasteiger partial charge in [0, 0.05) is 13.1 Å². The van der Waals surface area contributed by atoms with Gasteiger partial charge in [0.2, 0.25) is 0 Å². The molecule has 1 amide bonds. The van der Waals surface area contributed by atoms with Crippen molar-refractivity contribution in [3.8, 4) is 0 Å². The third-order valence-electron chi connectivity index (χ3n) is 2.91.